The highest BCUT2D eigenvalue weighted by Gasteiger charge is 2.09. The van der Waals surface area contributed by atoms with Crippen molar-refractivity contribution >= 4 is 40.6 Å². The maximum Gasteiger partial charge on any atom is 0.335 e. The third-order valence-corrected chi connectivity index (χ3v) is 6.45. The fourth-order valence-electron chi connectivity index (χ4n) is 3.57. The Bertz CT molecular complexity index is 1410. The summed E-state index contributed by atoms with van der Waals surface area (Å²) in [6.07, 6.45) is 1.55. The van der Waals surface area contributed by atoms with Crippen LogP contribution in [0.3, 0.4) is 0 Å². The lowest BCUT2D eigenvalue weighted by Gasteiger charge is -2.13. The van der Waals surface area contributed by atoms with Gasteiger partial charge in [-0.3, -0.25) is 4.79 Å². The van der Waals surface area contributed by atoms with E-state index >= 15 is 0 Å². The van der Waals surface area contributed by atoms with E-state index < -0.39 is 5.97 Å². The third-order valence-electron chi connectivity index (χ3n) is 5.37. The van der Waals surface area contributed by atoms with E-state index in [1.807, 2.05) is 43.3 Å². The van der Waals surface area contributed by atoms with Gasteiger partial charge in [0.05, 0.1) is 24.1 Å². The molecule has 188 valence electrons. The second-order valence-electron chi connectivity index (χ2n) is 7.99. The van der Waals surface area contributed by atoms with Crippen LogP contribution in [0.1, 0.15) is 28.4 Å². The molecule has 7 nitrogen and oxygen atoms in total. The molecule has 0 fully saturated rings. The summed E-state index contributed by atoms with van der Waals surface area (Å²) in [5.41, 5.74) is 4.37. The van der Waals surface area contributed by atoms with E-state index in [2.05, 4.69) is 22.7 Å². The minimum absolute atomic E-state index is 0.201. The van der Waals surface area contributed by atoms with Crippen LogP contribution in [-0.4, -0.2) is 35.6 Å². The number of aromatic carboxylic acids is 1. The van der Waals surface area contributed by atoms with Crippen LogP contribution in [0.15, 0.2) is 94.9 Å². The van der Waals surface area contributed by atoms with Gasteiger partial charge in [0.15, 0.2) is 11.5 Å². The smallest absolute Gasteiger partial charge is 0.335 e. The van der Waals surface area contributed by atoms with Crippen molar-refractivity contribution in [1.82, 2.24) is 5.43 Å². The number of carboxylic acid groups (broad SMARTS) is 1. The lowest BCUT2D eigenvalue weighted by Crippen LogP contribution is -2.19. The number of fused-ring (bicyclic) bond motifs is 1. The normalized spacial score (nSPS) is 10.9. The van der Waals surface area contributed by atoms with Crippen LogP contribution < -0.4 is 14.9 Å². The number of nitrogens with one attached hydrogen (secondary N) is 1. The first-order valence-corrected chi connectivity index (χ1v) is 12.7. The Kier molecular flexibility index (Phi) is 8.78. The summed E-state index contributed by atoms with van der Waals surface area (Å²) < 4.78 is 11.6. The highest BCUT2D eigenvalue weighted by atomic mass is 32.2. The second-order valence-corrected chi connectivity index (χ2v) is 9.01. The average molecular weight is 515 g/mol. The van der Waals surface area contributed by atoms with Gasteiger partial charge in [0.25, 0.3) is 0 Å². The Balaban J connectivity index is 1.33. The predicted molar refractivity (Wildman–Crippen MR) is 146 cm³/mol. The van der Waals surface area contributed by atoms with Crippen molar-refractivity contribution in [2.75, 3.05) is 12.4 Å². The van der Waals surface area contributed by atoms with Crippen molar-refractivity contribution in [3.8, 4) is 11.5 Å². The molecule has 4 rings (SSSR count). The van der Waals surface area contributed by atoms with Gasteiger partial charge >= 0.3 is 5.97 Å². The number of hydrazone groups is 1. The molecule has 0 spiro atoms. The predicted octanol–water partition coefficient (Wildman–Crippen LogP) is 5.76. The Morgan fingerprint density at radius 1 is 0.946 bits per heavy atom. The fourth-order valence-corrected chi connectivity index (χ4v) is 4.44. The minimum Gasteiger partial charge on any atom is -0.490 e. The first-order valence-electron chi connectivity index (χ1n) is 11.7. The number of hydrogen-bond donors (Lipinski definition) is 2. The lowest BCUT2D eigenvalue weighted by atomic mass is 10.1. The molecule has 0 aliphatic heterocycles. The van der Waals surface area contributed by atoms with Crippen LogP contribution in [0.4, 0.5) is 0 Å². The number of thioether (sulfide) groups is 1. The van der Waals surface area contributed by atoms with Gasteiger partial charge in [-0.1, -0.05) is 48.5 Å². The standard InChI is InChI=1S/C29H26N2O5S/c1-2-35-26-16-21(12-15-25(26)36-18-20-10-13-23(14-11-20)29(33)34)17-30-31-28(32)19-37-27-9-5-7-22-6-3-4-8-24(22)27/h3-17H,2,18-19H2,1H3,(H,31,32)(H,33,34)/b30-17+. The average Bonchev–Trinajstić information content (AvgIpc) is 2.92. The van der Waals surface area contributed by atoms with E-state index in [0.29, 0.717) is 18.1 Å². The molecule has 0 heterocycles. The maximum absolute atomic E-state index is 12.3. The van der Waals surface area contributed by atoms with E-state index in [-0.39, 0.29) is 23.8 Å². The molecule has 1 amide bonds. The molecule has 2 N–H and O–H groups in total. The molecule has 0 atom stereocenters. The van der Waals surface area contributed by atoms with Crippen molar-refractivity contribution in [2.24, 2.45) is 5.10 Å². The molecule has 4 aromatic carbocycles. The highest BCUT2D eigenvalue weighted by molar-refractivity contribution is 8.00. The molecule has 37 heavy (non-hydrogen) atoms. The number of carboxylic acids is 1. The van der Waals surface area contributed by atoms with Crippen LogP contribution in [0.5, 0.6) is 11.5 Å². The van der Waals surface area contributed by atoms with Gasteiger partial charge in [0.1, 0.15) is 6.61 Å². The minimum atomic E-state index is -0.969. The third kappa shape index (κ3) is 7.11. The summed E-state index contributed by atoms with van der Waals surface area (Å²) in [6.45, 7) is 2.59. The SMILES string of the molecule is CCOc1cc(/C=N/NC(=O)CSc2cccc3ccccc23)ccc1OCc1ccc(C(=O)O)cc1. The molecule has 0 bridgehead atoms. The Morgan fingerprint density at radius 3 is 2.51 bits per heavy atom. The molecule has 0 aliphatic rings. The van der Waals surface area contributed by atoms with Gasteiger partial charge < -0.3 is 14.6 Å². The number of nitrogens with zero attached hydrogens (tertiary/aromatic N) is 1. The monoisotopic (exact) mass is 514 g/mol. The number of carbonyl (C=O) groups excluding carboxylic acids is 1. The Hall–Kier alpha value is -4.30. The molecule has 0 aliphatic carbocycles. The van der Waals surface area contributed by atoms with E-state index in [4.69, 9.17) is 14.6 Å². The maximum atomic E-state index is 12.3. The van der Waals surface area contributed by atoms with Crippen molar-refractivity contribution in [3.05, 3.63) is 102 Å². The molecular formula is C29H26N2O5S. The van der Waals surface area contributed by atoms with Crippen LogP contribution in [-0.2, 0) is 11.4 Å². The largest absolute Gasteiger partial charge is 0.490 e. The van der Waals surface area contributed by atoms with Crippen molar-refractivity contribution < 1.29 is 24.2 Å². The quantitative estimate of drug-likeness (QED) is 0.150. The first kappa shape index (κ1) is 25.8. The molecule has 0 unspecified atom stereocenters. The van der Waals surface area contributed by atoms with Crippen LogP contribution in [0.25, 0.3) is 10.8 Å². The van der Waals surface area contributed by atoms with E-state index in [0.717, 1.165) is 26.8 Å². The number of hydrogen-bond acceptors (Lipinski definition) is 6. The Morgan fingerprint density at radius 2 is 1.73 bits per heavy atom. The zero-order chi connectivity index (χ0) is 26.0. The van der Waals surface area contributed by atoms with Crippen molar-refractivity contribution in [1.29, 1.82) is 0 Å². The first-order chi connectivity index (χ1) is 18.0. The zero-order valence-corrected chi connectivity index (χ0v) is 21.0. The highest BCUT2D eigenvalue weighted by Crippen LogP contribution is 2.29. The van der Waals surface area contributed by atoms with Gasteiger partial charge in [-0.2, -0.15) is 5.10 Å². The molecule has 0 aromatic heterocycles. The van der Waals surface area contributed by atoms with Gasteiger partial charge in [0.2, 0.25) is 5.91 Å². The molecular weight excluding hydrogens is 488 g/mol. The summed E-state index contributed by atoms with van der Waals surface area (Å²) in [4.78, 5) is 24.4. The Labute approximate surface area is 219 Å². The molecule has 0 radical (unpaired) electrons. The number of rotatable bonds is 11. The van der Waals surface area contributed by atoms with E-state index in [9.17, 15) is 9.59 Å². The number of ether oxygens (including phenoxy) is 2. The molecule has 0 saturated carbocycles. The van der Waals surface area contributed by atoms with Gasteiger partial charge in [-0.25, -0.2) is 10.2 Å². The van der Waals surface area contributed by atoms with Crippen LogP contribution in [0, 0.1) is 0 Å². The lowest BCUT2D eigenvalue weighted by molar-refractivity contribution is -0.118. The van der Waals surface area contributed by atoms with E-state index in [1.165, 1.54) is 11.8 Å². The van der Waals surface area contributed by atoms with Gasteiger partial charge in [-0.05, 0) is 65.2 Å². The van der Waals surface area contributed by atoms with Crippen LogP contribution >= 0.6 is 11.8 Å². The molecule has 0 saturated heterocycles. The van der Waals surface area contributed by atoms with Gasteiger partial charge in [-0.15, -0.1) is 11.8 Å². The summed E-state index contributed by atoms with van der Waals surface area (Å²) in [6, 6.07) is 26.0. The van der Waals surface area contributed by atoms with Gasteiger partial charge in [0, 0.05) is 4.90 Å². The van der Waals surface area contributed by atoms with Crippen molar-refractivity contribution in [3.63, 3.8) is 0 Å². The van der Waals surface area contributed by atoms with Crippen molar-refractivity contribution in [2.45, 2.75) is 18.4 Å². The van der Waals surface area contributed by atoms with E-state index in [1.54, 1.807) is 42.6 Å². The summed E-state index contributed by atoms with van der Waals surface area (Å²) in [5, 5.41) is 15.4. The zero-order valence-electron chi connectivity index (χ0n) is 20.2. The number of amides is 1. The summed E-state index contributed by atoms with van der Waals surface area (Å²) >= 11 is 1.47. The summed E-state index contributed by atoms with van der Waals surface area (Å²) in [7, 11) is 0. The number of benzene rings is 4. The summed E-state index contributed by atoms with van der Waals surface area (Å²) in [5.74, 6) is 0.176. The molecule has 4 aromatic rings. The topological polar surface area (TPSA) is 97.2 Å². The van der Waals surface area contributed by atoms with Crippen LogP contribution in [0.2, 0.25) is 0 Å². The number of carbonyl (C=O) groups is 2. The second kappa shape index (κ2) is 12.6. The fraction of sp³-hybridized carbons (Fsp3) is 0.138. The molecule has 8 heteroatoms.